The third kappa shape index (κ3) is 5.68. The zero-order valence-corrected chi connectivity index (χ0v) is 18.5. The van der Waals surface area contributed by atoms with Crippen molar-refractivity contribution in [2.45, 2.75) is 45.3 Å². The highest BCUT2D eigenvalue weighted by molar-refractivity contribution is 5.34. The summed E-state index contributed by atoms with van der Waals surface area (Å²) in [7, 11) is 2.01. The van der Waals surface area contributed by atoms with E-state index in [2.05, 4.69) is 66.9 Å². The molecule has 2 atom stereocenters. The smallest absolute Gasteiger partial charge is 0.138 e. The van der Waals surface area contributed by atoms with Crippen LogP contribution in [-0.4, -0.2) is 51.1 Å². The van der Waals surface area contributed by atoms with Gasteiger partial charge in [-0.2, -0.15) is 5.10 Å². The Morgan fingerprint density at radius 3 is 2.30 bits per heavy atom. The molecule has 2 unspecified atom stereocenters. The molecule has 3 aromatic rings. The summed E-state index contributed by atoms with van der Waals surface area (Å²) in [6.45, 7) is 9.47. The summed E-state index contributed by atoms with van der Waals surface area (Å²) >= 11 is 0. The van der Waals surface area contributed by atoms with Crippen molar-refractivity contribution < 1.29 is 9.84 Å². The van der Waals surface area contributed by atoms with E-state index in [0.29, 0.717) is 6.54 Å². The summed E-state index contributed by atoms with van der Waals surface area (Å²) in [4.78, 5) is 6.10. The van der Waals surface area contributed by atoms with Gasteiger partial charge >= 0.3 is 0 Å². The van der Waals surface area contributed by atoms with E-state index >= 15 is 0 Å². The Morgan fingerprint density at radius 2 is 1.73 bits per heavy atom. The molecule has 0 spiro atoms. The van der Waals surface area contributed by atoms with Crippen LogP contribution >= 0.6 is 0 Å². The fourth-order valence-electron chi connectivity index (χ4n) is 3.29. The van der Waals surface area contributed by atoms with Crippen molar-refractivity contribution in [2.24, 2.45) is 0 Å². The number of hydrogen-bond acceptors (Lipinski definition) is 5. The van der Waals surface area contributed by atoms with Crippen molar-refractivity contribution in [3.05, 3.63) is 72.3 Å². The first-order chi connectivity index (χ1) is 14.2. The maximum Gasteiger partial charge on any atom is 0.138 e. The normalized spacial score (nSPS) is 14.0. The van der Waals surface area contributed by atoms with Crippen LogP contribution in [0.4, 0.5) is 0 Å². The standard InChI is InChI=1S/C24H32N4O2/c1-18(19-6-10-21(11-7-19)28-17-25-16-26-28)27(5)14-22(29)15-30-23-12-8-20(9-13-23)24(2,3)4/h6-13,16-18,22,29H,14-15H2,1-5H3. The molecule has 6 nitrogen and oxygen atoms in total. The van der Waals surface area contributed by atoms with Crippen molar-refractivity contribution in [1.82, 2.24) is 19.7 Å². The largest absolute Gasteiger partial charge is 0.491 e. The van der Waals surface area contributed by atoms with E-state index in [4.69, 9.17) is 4.74 Å². The summed E-state index contributed by atoms with van der Waals surface area (Å²) in [5.74, 6) is 0.779. The Bertz CT molecular complexity index is 900. The van der Waals surface area contributed by atoms with Gasteiger partial charge in [-0.3, -0.25) is 4.90 Å². The lowest BCUT2D eigenvalue weighted by Crippen LogP contribution is -2.34. The Hall–Kier alpha value is -2.70. The third-order valence-corrected chi connectivity index (χ3v) is 5.38. The second kappa shape index (κ2) is 9.41. The monoisotopic (exact) mass is 408 g/mol. The third-order valence-electron chi connectivity index (χ3n) is 5.38. The lowest BCUT2D eigenvalue weighted by atomic mass is 9.87. The average molecular weight is 409 g/mol. The first-order valence-electron chi connectivity index (χ1n) is 10.3. The van der Waals surface area contributed by atoms with Crippen LogP contribution in [0.2, 0.25) is 0 Å². The van der Waals surface area contributed by atoms with Gasteiger partial charge in [0.05, 0.1) is 5.69 Å². The minimum Gasteiger partial charge on any atom is -0.491 e. The van der Waals surface area contributed by atoms with Crippen molar-refractivity contribution in [1.29, 1.82) is 0 Å². The van der Waals surface area contributed by atoms with E-state index in [9.17, 15) is 5.11 Å². The Morgan fingerprint density at radius 1 is 1.07 bits per heavy atom. The van der Waals surface area contributed by atoms with E-state index in [1.165, 1.54) is 17.5 Å². The number of benzene rings is 2. The second-order valence-corrected chi connectivity index (χ2v) is 8.79. The van der Waals surface area contributed by atoms with E-state index in [1.807, 2.05) is 31.3 Å². The van der Waals surface area contributed by atoms with E-state index < -0.39 is 6.10 Å². The summed E-state index contributed by atoms with van der Waals surface area (Å²) in [6.07, 6.45) is 2.62. The SMILES string of the molecule is CC(c1ccc(-n2cncn2)cc1)N(C)CC(O)COc1ccc(C(C)(C)C)cc1. The predicted molar refractivity (Wildman–Crippen MR) is 119 cm³/mol. The Kier molecular flexibility index (Phi) is 6.90. The van der Waals surface area contributed by atoms with Crippen molar-refractivity contribution in [3.63, 3.8) is 0 Å². The highest BCUT2D eigenvalue weighted by atomic mass is 16.5. The van der Waals surface area contributed by atoms with Crippen molar-refractivity contribution in [3.8, 4) is 11.4 Å². The number of aliphatic hydroxyl groups is 1. The molecule has 1 N–H and O–H groups in total. The molecule has 0 bridgehead atoms. The topological polar surface area (TPSA) is 63.4 Å². The average Bonchev–Trinajstić information content (AvgIpc) is 3.26. The van der Waals surface area contributed by atoms with Gasteiger partial charge < -0.3 is 9.84 Å². The molecule has 0 saturated heterocycles. The summed E-state index contributed by atoms with van der Waals surface area (Å²) in [6, 6.07) is 16.5. The molecule has 0 fully saturated rings. The zero-order chi connectivity index (χ0) is 21.7. The van der Waals surface area contributed by atoms with Crippen LogP contribution in [0.3, 0.4) is 0 Å². The van der Waals surface area contributed by atoms with Crippen LogP contribution in [0.25, 0.3) is 5.69 Å². The van der Waals surface area contributed by atoms with Gasteiger partial charge in [-0.05, 0) is 54.8 Å². The van der Waals surface area contributed by atoms with Crippen LogP contribution in [-0.2, 0) is 5.41 Å². The van der Waals surface area contributed by atoms with E-state index in [-0.39, 0.29) is 18.1 Å². The van der Waals surface area contributed by atoms with E-state index in [1.54, 1.807) is 11.0 Å². The fourth-order valence-corrected chi connectivity index (χ4v) is 3.29. The molecule has 6 heteroatoms. The molecule has 160 valence electrons. The molecule has 1 aromatic heterocycles. The van der Waals surface area contributed by atoms with Crippen LogP contribution < -0.4 is 4.74 Å². The number of hydrogen-bond donors (Lipinski definition) is 1. The fraction of sp³-hybridized carbons (Fsp3) is 0.417. The highest BCUT2D eigenvalue weighted by Gasteiger charge is 2.17. The van der Waals surface area contributed by atoms with Crippen LogP contribution in [0, 0.1) is 0 Å². The van der Waals surface area contributed by atoms with Crippen molar-refractivity contribution in [2.75, 3.05) is 20.2 Å². The number of aliphatic hydroxyl groups excluding tert-OH is 1. The first-order valence-corrected chi connectivity index (χ1v) is 10.3. The molecular formula is C24H32N4O2. The van der Waals surface area contributed by atoms with Gasteiger partial charge in [-0.1, -0.05) is 45.0 Å². The predicted octanol–water partition coefficient (Wildman–Crippen LogP) is 4.00. The van der Waals surface area contributed by atoms with Gasteiger partial charge in [0.15, 0.2) is 0 Å². The minimum absolute atomic E-state index is 0.115. The molecule has 1 heterocycles. The number of nitrogens with zero attached hydrogens (tertiary/aromatic N) is 4. The maximum atomic E-state index is 10.4. The van der Waals surface area contributed by atoms with Gasteiger partial charge in [0.1, 0.15) is 31.1 Å². The summed E-state index contributed by atoms with van der Waals surface area (Å²) in [5.41, 5.74) is 3.52. The number of rotatable bonds is 8. The minimum atomic E-state index is -0.575. The molecule has 3 rings (SSSR count). The number of ether oxygens (including phenoxy) is 1. The molecule has 0 radical (unpaired) electrons. The quantitative estimate of drug-likeness (QED) is 0.610. The van der Waals surface area contributed by atoms with Gasteiger partial charge in [0.2, 0.25) is 0 Å². The van der Waals surface area contributed by atoms with E-state index in [0.717, 1.165) is 11.4 Å². The zero-order valence-electron chi connectivity index (χ0n) is 18.5. The van der Waals surface area contributed by atoms with Crippen LogP contribution in [0.15, 0.2) is 61.2 Å². The lowest BCUT2D eigenvalue weighted by molar-refractivity contribution is 0.0653. The molecule has 0 aliphatic carbocycles. The Balaban J connectivity index is 1.50. The van der Waals surface area contributed by atoms with Crippen LogP contribution in [0.5, 0.6) is 5.75 Å². The molecule has 0 amide bonds. The Labute approximate surface area is 179 Å². The molecule has 2 aromatic carbocycles. The van der Waals surface area contributed by atoms with Crippen LogP contribution in [0.1, 0.15) is 44.9 Å². The van der Waals surface area contributed by atoms with Gasteiger partial charge in [0, 0.05) is 12.6 Å². The second-order valence-electron chi connectivity index (χ2n) is 8.79. The molecule has 0 saturated carbocycles. The molecule has 0 aliphatic rings. The summed E-state index contributed by atoms with van der Waals surface area (Å²) in [5, 5.41) is 14.6. The van der Waals surface area contributed by atoms with Gasteiger partial charge in [0.25, 0.3) is 0 Å². The first kappa shape index (κ1) is 22.0. The molecule has 30 heavy (non-hydrogen) atoms. The maximum absolute atomic E-state index is 10.4. The number of likely N-dealkylation sites (N-methyl/N-ethyl adjacent to an activating group) is 1. The highest BCUT2D eigenvalue weighted by Crippen LogP contribution is 2.24. The van der Waals surface area contributed by atoms with Gasteiger partial charge in [-0.25, -0.2) is 9.67 Å². The molecular weight excluding hydrogens is 376 g/mol. The lowest BCUT2D eigenvalue weighted by Gasteiger charge is -2.27. The molecule has 0 aliphatic heterocycles. The number of aromatic nitrogens is 3. The summed E-state index contributed by atoms with van der Waals surface area (Å²) < 4.78 is 7.52. The van der Waals surface area contributed by atoms with Crippen molar-refractivity contribution >= 4 is 0 Å². The van der Waals surface area contributed by atoms with Gasteiger partial charge in [-0.15, -0.1) is 0 Å².